The van der Waals surface area contributed by atoms with Crippen molar-refractivity contribution in [3.8, 4) is 0 Å². The van der Waals surface area contributed by atoms with Gasteiger partial charge in [0.05, 0.1) is 20.9 Å². The van der Waals surface area contributed by atoms with E-state index in [0.717, 1.165) is 0 Å². The highest BCUT2D eigenvalue weighted by atomic mass is 35.5. The Labute approximate surface area is 151 Å². The number of aromatic amines is 1. The van der Waals surface area contributed by atoms with E-state index in [1.165, 1.54) is 4.57 Å². The van der Waals surface area contributed by atoms with Crippen molar-refractivity contribution in [3.63, 3.8) is 0 Å². The molecule has 2 aromatic carbocycles. The summed E-state index contributed by atoms with van der Waals surface area (Å²) in [4.78, 5) is 27.5. The first-order valence-corrected chi connectivity index (χ1v) is 8.03. The number of nitrogens with one attached hydrogen (secondary N) is 2. The Bertz CT molecular complexity index is 1090. The van der Waals surface area contributed by atoms with Crippen LogP contribution in [-0.2, 0) is 7.05 Å². The Kier molecular flexibility index (Phi) is 4.45. The Morgan fingerprint density at radius 2 is 1.92 bits per heavy atom. The van der Waals surface area contributed by atoms with Gasteiger partial charge in [-0.2, -0.15) is 0 Å². The standard InChI is InChI=1S/C16H11Cl2N3O2S/c1-21-15(23)10-4-2-8(6-13(10)20-16(21)24)14(22)19-9-3-5-11(17)12(18)7-9/h2-7H,1H3,(H,19,22)(H,20,24). The van der Waals surface area contributed by atoms with Crippen molar-refractivity contribution in [2.24, 2.45) is 7.05 Å². The van der Waals surface area contributed by atoms with E-state index in [9.17, 15) is 9.59 Å². The molecule has 3 rings (SSSR count). The Hall–Kier alpha value is -2.15. The summed E-state index contributed by atoms with van der Waals surface area (Å²) in [5, 5.41) is 3.94. The van der Waals surface area contributed by atoms with E-state index in [1.807, 2.05) is 0 Å². The van der Waals surface area contributed by atoms with Crippen LogP contribution in [0.2, 0.25) is 10.0 Å². The number of carbonyl (C=O) groups is 1. The van der Waals surface area contributed by atoms with Gasteiger partial charge in [0, 0.05) is 18.3 Å². The van der Waals surface area contributed by atoms with Gasteiger partial charge in [0.1, 0.15) is 0 Å². The smallest absolute Gasteiger partial charge is 0.261 e. The predicted molar refractivity (Wildman–Crippen MR) is 98.8 cm³/mol. The van der Waals surface area contributed by atoms with E-state index >= 15 is 0 Å². The first kappa shape index (κ1) is 16.7. The predicted octanol–water partition coefficient (Wildman–Crippen LogP) is 4.16. The van der Waals surface area contributed by atoms with E-state index in [4.69, 9.17) is 35.4 Å². The van der Waals surface area contributed by atoms with Crippen molar-refractivity contribution in [3.05, 3.63) is 67.1 Å². The summed E-state index contributed by atoms with van der Waals surface area (Å²) in [5.74, 6) is -0.338. The molecule has 0 radical (unpaired) electrons. The number of anilines is 1. The molecule has 8 heteroatoms. The van der Waals surface area contributed by atoms with Crippen LogP contribution < -0.4 is 10.9 Å². The SMILES string of the molecule is Cn1c(=S)[nH]c2cc(C(=O)Nc3ccc(Cl)c(Cl)c3)ccc2c1=O. The molecular formula is C16H11Cl2N3O2S. The third kappa shape index (κ3) is 3.08. The summed E-state index contributed by atoms with van der Waals surface area (Å²) in [5.41, 5.74) is 1.19. The molecule has 0 fully saturated rings. The number of rotatable bonds is 2. The van der Waals surface area contributed by atoms with Gasteiger partial charge in [0.15, 0.2) is 4.77 Å². The molecule has 0 aliphatic carbocycles. The van der Waals surface area contributed by atoms with Gasteiger partial charge in [-0.05, 0) is 48.6 Å². The first-order valence-electron chi connectivity index (χ1n) is 6.86. The fourth-order valence-corrected chi connectivity index (χ4v) is 2.72. The highest BCUT2D eigenvalue weighted by Gasteiger charge is 2.10. The second-order valence-electron chi connectivity index (χ2n) is 5.14. The van der Waals surface area contributed by atoms with Gasteiger partial charge in [-0.15, -0.1) is 0 Å². The molecule has 0 saturated carbocycles. The number of aromatic nitrogens is 2. The molecule has 122 valence electrons. The highest BCUT2D eigenvalue weighted by Crippen LogP contribution is 2.25. The van der Waals surface area contributed by atoms with Crippen LogP contribution in [0, 0.1) is 4.77 Å². The molecule has 0 saturated heterocycles. The summed E-state index contributed by atoms with van der Waals surface area (Å²) in [6.07, 6.45) is 0. The molecule has 1 aromatic heterocycles. The summed E-state index contributed by atoms with van der Waals surface area (Å²) >= 11 is 16.9. The number of halogens is 2. The number of carbonyl (C=O) groups excluding carboxylic acids is 1. The van der Waals surface area contributed by atoms with Crippen molar-refractivity contribution >= 4 is 57.9 Å². The van der Waals surface area contributed by atoms with E-state index in [-0.39, 0.29) is 16.2 Å². The minimum Gasteiger partial charge on any atom is -0.332 e. The van der Waals surface area contributed by atoms with Crippen LogP contribution in [0.5, 0.6) is 0 Å². The van der Waals surface area contributed by atoms with Crippen LogP contribution in [-0.4, -0.2) is 15.5 Å². The molecule has 24 heavy (non-hydrogen) atoms. The molecule has 3 aromatic rings. The fourth-order valence-electron chi connectivity index (χ4n) is 2.22. The van der Waals surface area contributed by atoms with Crippen LogP contribution in [0.4, 0.5) is 5.69 Å². The summed E-state index contributed by atoms with van der Waals surface area (Å²) < 4.78 is 1.63. The van der Waals surface area contributed by atoms with Crippen LogP contribution in [0.25, 0.3) is 10.9 Å². The van der Waals surface area contributed by atoms with Gasteiger partial charge in [0.25, 0.3) is 11.5 Å². The monoisotopic (exact) mass is 379 g/mol. The number of fused-ring (bicyclic) bond motifs is 1. The van der Waals surface area contributed by atoms with Crippen LogP contribution in [0.1, 0.15) is 10.4 Å². The van der Waals surface area contributed by atoms with Crippen molar-refractivity contribution in [2.45, 2.75) is 0 Å². The molecule has 1 amide bonds. The van der Waals surface area contributed by atoms with Gasteiger partial charge in [0.2, 0.25) is 0 Å². The number of H-pyrrole nitrogens is 1. The molecule has 1 heterocycles. The van der Waals surface area contributed by atoms with E-state index in [0.29, 0.717) is 32.2 Å². The maximum absolute atomic E-state index is 12.4. The minimum atomic E-state index is -0.338. The average Bonchev–Trinajstić information content (AvgIpc) is 2.55. The van der Waals surface area contributed by atoms with Gasteiger partial charge in [-0.1, -0.05) is 23.2 Å². The maximum Gasteiger partial charge on any atom is 0.261 e. The lowest BCUT2D eigenvalue weighted by molar-refractivity contribution is 0.102. The molecule has 0 atom stereocenters. The lowest BCUT2D eigenvalue weighted by Gasteiger charge is -2.08. The molecule has 0 spiro atoms. The van der Waals surface area contributed by atoms with E-state index < -0.39 is 0 Å². The van der Waals surface area contributed by atoms with Crippen LogP contribution in [0.3, 0.4) is 0 Å². The van der Waals surface area contributed by atoms with Crippen molar-refractivity contribution in [1.82, 2.24) is 9.55 Å². The number of benzene rings is 2. The zero-order chi connectivity index (χ0) is 17.4. The van der Waals surface area contributed by atoms with Crippen LogP contribution in [0.15, 0.2) is 41.2 Å². The number of hydrogen-bond acceptors (Lipinski definition) is 3. The van der Waals surface area contributed by atoms with Crippen molar-refractivity contribution < 1.29 is 4.79 Å². The molecule has 2 N–H and O–H groups in total. The second kappa shape index (κ2) is 6.39. The Morgan fingerprint density at radius 3 is 2.62 bits per heavy atom. The highest BCUT2D eigenvalue weighted by molar-refractivity contribution is 7.71. The van der Waals surface area contributed by atoms with Crippen LogP contribution >= 0.6 is 35.4 Å². The zero-order valence-corrected chi connectivity index (χ0v) is 14.7. The van der Waals surface area contributed by atoms with Gasteiger partial charge in [-0.25, -0.2) is 0 Å². The number of nitrogens with zero attached hydrogens (tertiary/aromatic N) is 1. The fraction of sp³-hybridized carbons (Fsp3) is 0.0625. The lowest BCUT2D eigenvalue weighted by Crippen LogP contribution is -2.19. The maximum atomic E-state index is 12.4. The van der Waals surface area contributed by atoms with Gasteiger partial charge < -0.3 is 10.3 Å². The normalized spacial score (nSPS) is 10.8. The molecule has 5 nitrogen and oxygen atoms in total. The molecule has 0 aliphatic heterocycles. The summed E-state index contributed by atoms with van der Waals surface area (Å²) in [6, 6.07) is 9.56. The molecule has 0 aliphatic rings. The first-order chi connectivity index (χ1) is 11.4. The largest absolute Gasteiger partial charge is 0.332 e. The third-order valence-electron chi connectivity index (χ3n) is 3.54. The minimum absolute atomic E-state index is 0.217. The Morgan fingerprint density at radius 1 is 1.17 bits per heavy atom. The van der Waals surface area contributed by atoms with E-state index in [2.05, 4.69) is 10.3 Å². The summed E-state index contributed by atoms with van der Waals surface area (Å²) in [6.45, 7) is 0. The summed E-state index contributed by atoms with van der Waals surface area (Å²) in [7, 11) is 1.59. The molecular weight excluding hydrogens is 369 g/mol. The lowest BCUT2D eigenvalue weighted by atomic mass is 10.1. The number of hydrogen-bond donors (Lipinski definition) is 2. The molecule has 0 bridgehead atoms. The quantitative estimate of drug-likeness (QED) is 0.657. The third-order valence-corrected chi connectivity index (χ3v) is 4.66. The van der Waals surface area contributed by atoms with Crippen molar-refractivity contribution in [2.75, 3.05) is 5.32 Å². The Balaban J connectivity index is 1.98. The van der Waals surface area contributed by atoms with Gasteiger partial charge >= 0.3 is 0 Å². The zero-order valence-electron chi connectivity index (χ0n) is 12.4. The van der Waals surface area contributed by atoms with Gasteiger partial charge in [-0.3, -0.25) is 14.2 Å². The topological polar surface area (TPSA) is 66.9 Å². The van der Waals surface area contributed by atoms with Crippen molar-refractivity contribution in [1.29, 1.82) is 0 Å². The average molecular weight is 380 g/mol. The molecule has 0 unspecified atom stereocenters. The second-order valence-corrected chi connectivity index (χ2v) is 6.34. The number of amides is 1. The van der Waals surface area contributed by atoms with E-state index in [1.54, 1.807) is 43.4 Å².